The summed E-state index contributed by atoms with van der Waals surface area (Å²) < 4.78 is 27.3. The van der Waals surface area contributed by atoms with Gasteiger partial charge in [0.1, 0.15) is 0 Å². The van der Waals surface area contributed by atoms with Gasteiger partial charge in [-0.15, -0.1) is 0 Å². The molecular formula is C19H27N3O3S. The smallest absolute Gasteiger partial charge is 0.253 e. The van der Waals surface area contributed by atoms with Crippen LogP contribution in [-0.4, -0.2) is 73.7 Å². The molecule has 1 saturated carbocycles. The molecule has 6 nitrogen and oxygen atoms in total. The van der Waals surface area contributed by atoms with Crippen molar-refractivity contribution in [3.8, 4) is 0 Å². The fourth-order valence-corrected chi connectivity index (χ4v) is 5.52. The lowest BCUT2D eigenvalue weighted by Gasteiger charge is -2.35. The van der Waals surface area contributed by atoms with Crippen LogP contribution in [0.1, 0.15) is 42.5 Å². The number of sulfonamides is 1. The number of piperazine rings is 1. The summed E-state index contributed by atoms with van der Waals surface area (Å²) in [4.78, 5) is 17.4. The molecule has 3 aliphatic rings. The van der Waals surface area contributed by atoms with Gasteiger partial charge in [0, 0.05) is 50.9 Å². The van der Waals surface area contributed by atoms with Crippen molar-refractivity contribution in [3.63, 3.8) is 0 Å². The second-order valence-corrected chi connectivity index (χ2v) is 9.49. The first kappa shape index (κ1) is 17.9. The van der Waals surface area contributed by atoms with E-state index in [4.69, 9.17) is 0 Å². The molecule has 142 valence electrons. The number of benzene rings is 1. The van der Waals surface area contributed by atoms with Gasteiger partial charge in [0.25, 0.3) is 5.91 Å². The van der Waals surface area contributed by atoms with Crippen molar-refractivity contribution in [1.82, 2.24) is 14.1 Å². The highest BCUT2D eigenvalue weighted by Gasteiger charge is 2.33. The van der Waals surface area contributed by atoms with E-state index < -0.39 is 10.0 Å². The molecule has 2 heterocycles. The number of hydrogen-bond donors (Lipinski definition) is 0. The molecule has 0 aromatic heterocycles. The highest BCUT2D eigenvalue weighted by atomic mass is 32.2. The number of rotatable bonds is 4. The first-order valence-electron chi connectivity index (χ1n) is 9.69. The van der Waals surface area contributed by atoms with E-state index in [1.165, 1.54) is 12.8 Å². The van der Waals surface area contributed by atoms with Crippen LogP contribution in [0.5, 0.6) is 0 Å². The molecule has 1 amide bonds. The van der Waals surface area contributed by atoms with Crippen LogP contribution in [0.15, 0.2) is 29.2 Å². The summed E-state index contributed by atoms with van der Waals surface area (Å²) >= 11 is 0. The van der Waals surface area contributed by atoms with Crippen molar-refractivity contribution in [2.75, 3.05) is 39.3 Å². The number of amides is 1. The lowest BCUT2D eigenvalue weighted by atomic mass is 10.2. The quantitative estimate of drug-likeness (QED) is 0.803. The lowest BCUT2D eigenvalue weighted by Crippen LogP contribution is -2.49. The Hall–Kier alpha value is -1.44. The molecule has 3 fully saturated rings. The summed E-state index contributed by atoms with van der Waals surface area (Å²) in [6.45, 7) is 4.43. The summed E-state index contributed by atoms with van der Waals surface area (Å²) in [5.74, 6) is -0.0591. The largest absolute Gasteiger partial charge is 0.336 e. The predicted octanol–water partition coefficient (Wildman–Crippen LogP) is 1.78. The van der Waals surface area contributed by atoms with E-state index >= 15 is 0 Å². The van der Waals surface area contributed by atoms with Gasteiger partial charge >= 0.3 is 0 Å². The summed E-state index contributed by atoms with van der Waals surface area (Å²) in [5.41, 5.74) is 0.475. The third kappa shape index (κ3) is 3.66. The van der Waals surface area contributed by atoms with Gasteiger partial charge in [-0.25, -0.2) is 8.42 Å². The van der Waals surface area contributed by atoms with E-state index in [0.29, 0.717) is 18.7 Å². The van der Waals surface area contributed by atoms with Gasteiger partial charge in [-0.2, -0.15) is 4.31 Å². The maximum Gasteiger partial charge on any atom is 0.253 e. The molecule has 26 heavy (non-hydrogen) atoms. The van der Waals surface area contributed by atoms with E-state index in [9.17, 15) is 13.2 Å². The van der Waals surface area contributed by atoms with Crippen molar-refractivity contribution in [1.29, 1.82) is 0 Å². The highest BCUT2D eigenvalue weighted by Crippen LogP contribution is 2.28. The van der Waals surface area contributed by atoms with E-state index in [1.807, 2.05) is 4.90 Å². The first-order chi connectivity index (χ1) is 12.6. The fraction of sp³-hybridized carbons (Fsp3) is 0.632. The van der Waals surface area contributed by atoms with Crippen LogP contribution < -0.4 is 0 Å². The zero-order valence-corrected chi connectivity index (χ0v) is 16.0. The highest BCUT2D eigenvalue weighted by molar-refractivity contribution is 7.89. The second-order valence-electron chi connectivity index (χ2n) is 7.55. The Morgan fingerprint density at radius 2 is 1.62 bits per heavy atom. The molecule has 4 rings (SSSR count). The van der Waals surface area contributed by atoms with E-state index in [2.05, 4.69) is 4.90 Å². The van der Waals surface area contributed by atoms with Gasteiger partial charge in [0.15, 0.2) is 0 Å². The van der Waals surface area contributed by atoms with Crippen LogP contribution >= 0.6 is 0 Å². The molecular weight excluding hydrogens is 350 g/mol. The van der Waals surface area contributed by atoms with Crippen LogP contribution in [0.25, 0.3) is 0 Å². The van der Waals surface area contributed by atoms with Crippen LogP contribution in [0.3, 0.4) is 0 Å². The molecule has 2 aliphatic heterocycles. The second kappa shape index (κ2) is 7.29. The van der Waals surface area contributed by atoms with E-state index in [0.717, 1.165) is 51.5 Å². The monoisotopic (exact) mass is 377 g/mol. The number of piperidine rings is 1. The predicted molar refractivity (Wildman–Crippen MR) is 99.6 cm³/mol. The van der Waals surface area contributed by atoms with E-state index in [1.54, 1.807) is 28.6 Å². The van der Waals surface area contributed by atoms with Crippen molar-refractivity contribution in [2.45, 2.75) is 43.0 Å². The average molecular weight is 378 g/mol. The first-order valence-corrected chi connectivity index (χ1v) is 11.1. The molecule has 1 aromatic carbocycles. The van der Waals surface area contributed by atoms with Gasteiger partial charge in [-0.3, -0.25) is 9.69 Å². The summed E-state index contributed by atoms with van der Waals surface area (Å²) in [7, 11) is -3.51. The van der Waals surface area contributed by atoms with Crippen molar-refractivity contribution >= 4 is 15.9 Å². The summed E-state index contributed by atoms with van der Waals surface area (Å²) in [5, 5.41) is 0. The molecule has 0 unspecified atom stereocenters. The summed E-state index contributed by atoms with van der Waals surface area (Å²) in [6, 6.07) is 7.30. The Labute approximate surface area is 155 Å². The third-order valence-electron chi connectivity index (χ3n) is 5.70. The topological polar surface area (TPSA) is 60.9 Å². The maximum atomic E-state index is 12.9. The molecule has 1 aliphatic carbocycles. The van der Waals surface area contributed by atoms with Gasteiger partial charge in [-0.1, -0.05) is 12.5 Å². The van der Waals surface area contributed by atoms with Crippen LogP contribution in [0, 0.1) is 0 Å². The Bertz CT molecular complexity index is 762. The van der Waals surface area contributed by atoms with Crippen molar-refractivity contribution < 1.29 is 13.2 Å². The number of hydrogen-bond acceptors (Lipinski definition) is 4. The Balaban J connectivity index is 1.47. The van der Waals surface area contributed by atoms with Gasteiger partial charge in [0.2, 0.25) is 10.0 Å². The molecule has 2 saturated heterocycles. The Morgan fingerprint density at radius 3 is 2.27 bits per heavy atom. The normalized spacial score (nSPS) is 23.2. The van der Waals surface area contributed by atoms with Crippen molar-refractivity contribution in [2.24, 2.45) is 0 Å². The van der Waals surface area contributed by atoms with Gasteiger partial charge in [-0.05, 0) is 43.9 Å². The minimum Gasteiger partial charge on any atom is -0.336 e. The fourth-order valence-electron chi connectivity index (χ4n) is 3.96. The van der Waals surface area contributed by atoms with Crippen LogP contribution in [0.2, 0.25) is 0 Å². The standard InChI is InChI=1S/C19H27N3O3S/c23-19(21-13-11-20(12-14-21)17-7-8-17)16-5-4-6-18(15-16)26(24,25)22-9-2-1-3-10-22/h4-6,15,17H,1-3,7-14H2. The van der Waals surface area contributed by atoms with Gasteiger partial charge < -0.3 is 4.90 Å². The SMILES string of the molecule is O=C(c1cccc(S(=O)(=O)N2CCCCC2)c1)N1CCN(C2CC2)CC1. The molecule has 0 radical (unpaired) electrons. The van der Waals surface area contributed by atoms with Crippen molar-refractivity contribution in [3.05, 3.63) is 29.8 Å². The molecule has 1 aromatic rings. The van der Waals surface area contributed by atoms with Crippen LogP contribution in [-0.2, 0) is 10.0 Å². The average Bonchev–Trinajstić information content (AvgIpc) is 3.54. The minimum atomic E-state index is -3.51. The molecule has 0 N–H and O–H groups in total. The lowest BCUT2D eigenvalue weighted by molar-refractivity contribution is 0.0627. The van der Waals surface area contributed by atoms with Crippen LogP contribution in [0.4, 0.5) is 0 Å². The van der Waals surface area contributed by atoms with Gasteiger partial charge in [0.05, 0.1) is 4.90 Å². The number of carbonyl (C=O) groups excluding carboxylic acids is 1. The summed E-state index contributed by atoms with van der Waals surface area (Å²) in [6.07, 6.45) is 5.46. The molecule has 0 atom stereocenters. The molecule has 0 bridgehead atoms. The number of nitrogens with zero attached hydrogens (tertiary/aromatic N) is 3. The third-order valence-corrected chi connectivity index (χ3v) is 7.59. The Morgan fingerprint density at radius 1 is 0.923 bits per heavy atom. The zero-order chi connectivity index (χ0) is 18.1. The zero-order valence-electron chi connectivity index (χ0n) is 15.1. The minimum absolute atomic E-state index is 0.0591. The Kier molecular flexibility index (Phi) is 5.03. The maximum absolute atomic E-state index is 12.9. The van der Waals surface area contributed by atoms with E-state index in [-0.39, 0.29) is 10.8 Å². The molecule has 0 spiro atoms. The molecule has 7 heteroatoms. The number of carbonyl (C=O) groups is 1.